The van der Waals surface area contributed by atoms with E-state index in [1.807, 2.05) is 12.3 Å². The first-order valence-electron chi connectivity index (χ1n) is 7.58. The van der Waals surface area contributed by atoms with E-state index < -0.39 is 17.3 Å². The number of aliphatic imine (C=N–C) groups is 1. The number of amides is 1. The zero-order valence-corrected chi connectivity index (χ0v) is 14.1. The summed E-state index contributed by atoms with van der Waals surface area (Å²) in [6, 6.07) is 6.11. The van der Waals surface area contributed by atoms with Crippen LogP contribution in [0.2, 0.25) is 0 Å². The molecule has 1 amide bonds. The number of hydrogen-bond donors (Lipinski definition) is 5. The molecule has 0 bridgehead atoms. The number of aryl methyl sites for hydroxylation is 1. The SMILES string of the molecule is COC(=O)[C@@H](CCCN=C(N)N[NH+]([O-])O)NC(=O)c1ccc(C)cc1. The summed E-state index contributed by atoms with van der Waals surface area (Å²) in [6.45, 7) is 2.10. The number of methoxy groups -OCH3 is 1. The number of guanidine groups is 1. The van der Waals surface area contributed by atoms with Gasteiger partial charge in [0.05, 0.1) is 7.11 Å². The molecule has 0 aromatic heterocycles. The predicted octanol–water partition coefficient (Wildman–Crippen LogP) is -1.36. The number of rotatable bonds is 8. The third-order valence-corrected chi connectivity index (χ3v) is 3.27. The first-order valence-corrected chi connectivity index (χ1v) is 7.58. The second kappa shape index (κ2) is 10.2. The number of benzene rings is 1. The Morgan fingerprint density at radius 1 is 1.40 bits per heavy atom. The second-order valence-corrected chi connectivity index (χ2v) is 5.25. The topological polar surface area (TPSA) is 154 Å². The van der Waals surface area contributed by atoms with Crippen molar-refractivity contribution >= 4 is 17.8 Å². The van der Waals surface area contributed by atoms with Crippen molar-refractivity contribution < 1.29 is 24.9 Å². The number of hydrogen-bond acceptors (Lipinski definition) is 6. The Morgan fingerprint density at radius 2 is 2.04 bits per heavy atom. The molecule has 0 aliphatic heterocycles. The van der Waals surface area contributed by atoms with Crippen molar-refractivity contribution in [3.8, 4) is 0 Å². The maximum Gasteiger partial charge on any atom is 0.328 e. The van der Waals surface area contributed by atoms with E-state index in [0.29, 0.717) is 12.0 Å². The van der Waals surface area contributed by atoms with Gasteiger partial charge in [-0.05, 0) is 31.9 Å². The molecule has 0 aliphatic carbocycles. The smallest absolute Gasteiger partial charge is 0.328 e. The third kappa shape index (κ3) is 7.61. The van der Waals surface area contributed by atoms with Crippen molar-refractivity contribution in [2.24, 2.45) is 10.7 Å². The zero-order valence-electron chi connectivity index (χ0n) is 14.1. The molecule has 0 fully saturated rings. The molecule has 1 aromatic carbocycles. The Hall–Kier alpha value is -2.69. The van der Waals surface area contributed by atoms with Gasteiger partial charge in [-0.2, -0.15) is 10.6 Å². The second-order valence-electron chi connectivity index (χ2n) is 5.25. The van der Waals surface area contributed by atoms with Crippen molar-refractivity contribution in [2.45, 2.75) is 25.8 Å². The molecule has 25 heavy (non-hydrogen) atoms. The van der Waals surface area contributed by atoms with Crippen LogP contribution in [-0.4, -0.2) is 42.7 Å². The van der Waals surface area contributed by atoms with Gasteiger partial charge in [0.15, 0.2) is 0 Å². The van der Waals surface area contributed by atoms with E-state index in [-0.39, 0.29) is 24.8 Å². The Morgan fingerprint density at radius 3 is 2.60 bits per heavy atom. The van der Waals surface area contributed by atoms with Crippen LogP contribution in [0, 0.1) is 12.1 Å². The summed E-state index contributed by atoms with van der Waals surface area (Å²) in [5, 5.41) is 20.2. The van der Waals surface area contributed by atoms with E-state index >= 15 is 0 Å². The minimum Gasteiger partial charge on any atom is -0.574 e. The van der Waals surface area contributed by atoms with Gasteiger partial charge in [-0.1, -0.05) is 17.7 Å². The highest BCUT2D eigenvalue weighted by atomic mass is 16.8. The number of quaternary nitrogens is 1. The molecule has 0 heterocycles. The number of esters is 1. The van der Waals surface area contributed by atoms with E-state index in [2.05, 4.69) is 10.3 Å². The van der Waals surface area contributed by atoms with Crippen LogP contribution < -0.4 is 21.8 Å². The minimum absolute atomic E-state index is 0.194. The molecule has 1 aromatic rings. The van der Waals surface area contributed by atoms with Gasteiger partial charge in [-0.15, -0.1) is 5.34 Å². The highest BCUT2D eigenvalue weighted by Crippen LogP contribution is 2.06. The van der Waals surface area contributed by atoms with E-state index in [1.54, 1.807) is 24.3 Å². The molecule has 0 saturated carbocycles. The normalized spacial score (nSPS) is 13.7. The van der Waals surface area contributed by atoms with Crippen molar-refractivity contribution in [1.29, 1.82) is 0 Å². The average molecular weight is 353 g/mol. The molecule has 0 spiro atoms. The van der Waals surface area contributed by atoms with E-state index in [1.165, 1.54) is 7.11 Å². The van der Waals surface area contributed by atoms with Gasteiger partial charge in [0.25, 0.3) is 5.91 Å². The Kier molecular flexibility index (Phi) is 8.33. The monoisotopic (exact) mass is 353 g/mol. The summed E-state index contributed by atoms with van der Waals surface area (Å²) < 4.78 is 4.69. The lowest BCUT2D eigenvalue weighted by Gasteiger charge is -2.16. The molecule has 138 valence electrons. The zero-order chi connectivity index (χ0) is 18.8. The van der Waals surface area contributed by atoms with Crippen LogP contribution in [0.15, 0.2) is 29.3 Å². The Balaban J connectivity index is 2.58. The summed E-state index contributed by atoms with van der Waals surface area (Å²) in [4.78, 5) is 27.8. The molecule has 0 aliphatic rings. The maximum atomic E-state index is 12.2. The van der Waals surface area contributed by atoms with E-state index in [9.17, 15) is 14.8 Å². The van der Waals surface area contributed by atoms with Gasteiger partial charge in [0.2, 0.25) is 5.96 Å². The highest BCUT2D eigenvalue weighted by molar-refractivity contribution is 5.96. The van der Waals surface area contributed by atoms with E-state index in [0.717, 1.165) is 5.56 Å². The predicted molar refractivity (Wildman–Crippen MR) is 89.4 cm³/mol. The lowest BCUT2D eigenvalue weighted by atomic mass is 10.1. The van der Waals surface area contributed by atoms with Gasteiger partial charge >= 0.3 is 5.97 Å². The number of carbonyl (C=O) groups excluding carboxylic acids is 2. The van der Waals surface area contributed by atoms with Crippen LogP contribution >= 0.6 is 0 Å². The molecule has 6 N–H and O–H groups in total. The summed E-state index contributed by atoms with van der Waals surface area (Å²) >= 11 is 0. The summed E-state index contributed by atoms with van der Waals surface area (Å²) in [5.41, 5.74) is 8.71. The molecular formula is C15H23N5O5. The fourth-order valence-corrected chi connectivity index (χ4v) is 1.98. The number of carbonyl (C=O) groups is 2. The number of nitrogens with two attached hydrogens (primary N) is 1. The number of ether oxygens (including phenoxy) is 1. The first kappa shape index (κ1) is 20.4. The molecule has 0 radical (unpaired) electrons. The quantitative estimate of drug-likeness (QED) is 0.127. The first-order chi connectivity index (χ1) is 11.8. The van der Waals surface area contributed by atoms with Crippen LogP contribution in [0.1, 0.15) is 28.8 Å². The summed E-state index contributed by atoms with van der Waals surface area (Å²) in [5.74, 6) is -1.18. The van der Waals surface area contributed by atoms with Crippen molar-refractivity contribution in [1.82, 2.24) is 10.7 Å². The van der Waals surface area contributed by atoms with Crippen LogP contribution in [0.25, 0.3) is 0 Å². The molecule has 1 rings (SSSR count). The summed E-state index contributed by atoms with van der Waals surface area (Å²) in [7, 11) is 1.24. The molecule has 10 heteroatoms. The fourth-order valence-electron chi connectivity index (χ4n) is 1.98. The lowest BCUT2D eigenvalue weighted by molar-refractivity contribution is -1.08. The fraction of sp³-hybridized carbons (Fsp3) is 0.400. The van der Waals surface area contributed by atoms with Crippen LogP contribution in [0.4, 0.5) is 0 Å². The van der Waals surface area contributed by atoms with Crippen molar-refractivity contribution in [3.63, 3.8) is 0 Å². The lowest BCUT2D eigenvalue weighted by Crippen LogP contribution is -3.13. The van der Waals surface area contributed by atoms with Gasteiger partial charge in [0.1, 0.15) is 6.04 Å². The average Bonchev–Trinajstić information content (AvgIpc) is 2.56. The minimum atomic E-state index is -1.31. The Bertz CT molecular complexity index is 603. The van der Waals surface area contributed by atoms with E-state index in [4.69, 9.17) is 15.7 Å². The van der Waals surface area contributed by atoms with Gasteiger partial charge in [-0.3, -0.25) is 4.79 Å². The van der Waals surface area contributed by atoms with Gasteiger partial charge < -0.3 is 21.0 Å². The Labute approximate surface area is 145 Å². The number of nitrogens with one attached hydrogen (secondary N) is 3. The maximum absolute atomic E-state index is 12.2. The van der Waals surface area contributed by atoms with Crippen LogP contribution in [-0.2, 0) is 9.53 Å². The summed E-state index contributed by atoms with van der Waals surface area (Å²) in [6.07, 6.45) is 0.671. The molecule has 1 unspecified atom stereocenters. The molecular weight excluding hydrogens is 330 g/mol. The number of nitrogens with zero attached hydrogens (tertiary/aromatic N) is 1. The molecule has 10 nitrogen and oxygen atoms in total. The standard InChI is InChI=1S/C15H23N5O5/c1-10-5-7-11(8-6-10)13(21)18-12(14(22)25-2)4-3-9-17-15(16)19-20(23)24/h5-8,12,20,23H,3-4,9H2,1-2H3,(H,18,21)(H3,16,17,19)/t12-/m1/s1. The largest absolute Gasteiger partial charge is 0.574 e. The molecule has 0 saturated heterocycles. The van der Waals surface area contributed by atoms with Gasteiger partial charge in [-0.25, -0.2) is 9.79 Å². The van der Waals surface area contributed by atoms with Crippen molar-refractivity contribution in [2.75, 3.05) is 13.7 Å². The van der Waals surface area contributed by atoms with Gasteiger partial charge in [0, 0.05) is 12.1 Å². The highest BCUT2D eigenvalue weighted by Gasteiger charge is 2.21. The van der Waals surface area contributed by atoms with Crippen molar-refractivity contribution in [3.05, 3.63) is 40.6 Å². The van der Waals surface area contributed by atoms with Crippen LogP contribution in [0.5, 0.6) is 0 Å². The van der Waals surface area contributed by atoms with Crippen LogP contribution in [0.3, 0.4) is 0 Å². The third-order valence-electron chi connectivity index (χ3n) is 3.27. The molecule has 2 atom stereocenters.